The summed E-state index contributed by atoms with van der Waals surface area (Å²) in [5, 5.41) is 2.87. The van der Waals surface area contributed by atoms with Gasteiger partial charge in [-0.1, -0.05) is 0 Å². The van der Waals surface area contributed by atoms with E-state index in [1.54, 1.807) is 7.11 Å². The van der Waals surface area contributed by atoms with Crippen LogP contribution in [0.5, 0.6) is 11.5 Å². The molecule has 1 aliphatic heterocycles. The third kappa shape index (κ3) is 6.19. The van der Waals surface area contributed by atoms with Gasteiger partial charge in [-0.15, -0.1) is 12.4 Å². The van der Waals surface area contributed by atoms with Gasteiger partial charge >= 0.3 is 0 Å². The number of halogens is 1. The van der Waals surface area contributed by atoms with E-state index in [9.17, 15) is 4.79 Å². The smallest absolute Gasteiger partial charge is 0.237 e. The molecule has 0 bridgehead atoms. The minimum Gasteiger partial charge on any atom is -0.497 e. The Bertz CT molecular complexity index is 492. The van der Waals surface area contributed by atoms with Crippen molar-refractivity contribution in [1.82, 2.24) is 5.32 Å². The first-order chi connectivity index (χ1) is 11.1. The average Bonchev–Trinajstić information content (AvgIpc) is 2.60. The van der Waals surface area contributed by atoms with Gasteiger partial charge < -0.3 is 25.3 Å². The Morgan fingerprint density at radius 2 is 1.88 bits per heavy atom. The van der Waals surface area contributed by atoms with E-state index in [0.29, 0.717) is 19.8 Å². The van der Waals surface area contributed by atoms with Crippen molar-refractivity contribution in [1.29, 1.82) is 0 Å². The first-order valence-corrected chi connectivity index (χ1v) is 8.02. The summed E-state index contributed by atoms with van der Waals surface area (Å²) in [4.78, 5) is 12.1. The Morgan fingerprint density at radius 3 is 2.46 bits per heavy atom. The predicted octanol–water partition coefficient (Wildman–Crippen LogP) is 1.75. The zero-order chi connectivity index (χ0) is 16.7. The van der Waals surface area contributed by atoms with Crippen LogP contribution < -0.4 is 20.5 Å². The summed E-state index contributed by atoms with van der Waals surface area (Å²) in [6.07, 6.45) is 1.54. The highest BCUT2D eigenvalue weighted by Crippen LogP contribution is 2.19. The molecule has 0 aromatic heterocycles. The van der Waals surface area contributed by atoms with Gasteiger partial charge in [-0.05, 0) is 49.9 Å². The van der Waals surface area contributed by atoms with Gasteiger partial charge in [-0.3, -0.25) is 4.79 Å². The minimum atomic E-state index is -0.480. The van der Waals surface area contributed by atoms with Crippen molar-refractivity contribution in [3.05, 3.63) is 24.3 Å². The van der Waals surface area contributed by atoms with E-state index in [-0.39, 0.29) is 30.3 Å². The molecule has 24 heavy (non-hydrogen) atoms. The fourth-order valence-corrected chi connectivity index (χ4v) is 2.58. The number of methoxy groups -OCH3 is 1. The van der Waals surface area contributed by atoms with Crippen molar-refractivity contribution in [2.24, 2.45) is 11.7 Å². The zero-order valence-electron chi connectivity index (χ0n) is 14.2. The van der Waals surface area contributed by atoms with Crippen LogP contribution in [-0.2, 0) is 9.53 Å². The van der Waals surface area contributed by atoms with Gasteiger partial charge in [0.15, 0.2) is 0 Å². The Hall–Kier alpha value is -1.50. The van der Waals surface area contributed by atoms with E-state index in [1.165, 1.54) is 0 Å². The maximum atomic E-state index is 12.1. The quantitative estimate of drug-likeness (QED) is 0.776. The molecule has 0 spiro atoms. The van der Waals surface area contributed by atoms with Crippen molar-refractivity contribution in [2.45, 2.75) is 31.9 Å². The number of hydrogen-bond donors (Lipinski definition) is 2. The van der Waals surface area contributed by atoms with Crippen LogP contribution in [0.4, 0.5) is 0 Å². The fraction of sp³-hybridized carbons (Fsp3) is 0.588. The van der Waals surface area contributed by atoms with Gasteiger partial charge in [-0.25, -0.2) is 0 Å². The third-order valence-electron chi connectivity index (χ3n) is 4.04. The zero-order valence-corrected chi connectivity index (χ0v) is 15.0. The van der Waals surface area contributed by atoms with E-state index < -0.39 is 6.04 Å². The van der Waals surface area contributed by atoms with E-state index >= 15 is 0 Å². The van der Waals surface area contributed by atoms with Crippen molar-refractivity contribution in [3.8, 4) is 11.5 Å². The lowest BCUT2D eigenvalue weighted by atomic mass is 9.92. The molecule has 2 rings (SSSR count). The monoisotopic (exact) mass is 358 g/mol. The van der Waals surface area contributed by atoms with E-state index in [2.05, 4.69) is 5.32 Å². The number of rotatable bonds is 7. The fourth-order valence-electron chi connectivity index (χ4n) is 2.58. The number of carbonyl (C=O) groups excluding carboxylic acids is 1. The largest absolute Gasteiger partial charge is 0.497 e. The van der Waals surface area contributed by atoms with Crippen LogP contribution >= 0.6 is 12.4 Å². The highest BCUT2D eigenvalue weighted by Gasteiger charge is 2.26. The number of amides is 1. The molecule has 0 radical (unpaired) electrons. The molecule has 0 saturated carbocycles. The summed E-state index contributed by atoms with van der Waals surface area (Å²) in [6, 6.07) is 6.87. The molecule has 1 aromatic carbocycles. The van der Waals surface area contributed by atoms with Crippen LogP contribution in [0, 0.1) is 5.92 Å². The van der Waals surface area contributed by atoms with Crippen LogP contribution in [0.25, 0.3) is 0 Å². The van der Waals surface area contributed by atoms with Gasteiger partial charge in [0.25, 0.3) is 0 Å². The molecule has 1 heterocycles. The first kappa shape index (κ1) is 20.5. The normalized spacial score (nSPS) is 17.3. The van der Waals surface area contributed by atoms with Gasteiger partial charge in [0.2, 0.25) is 5.91 Å². The number of carbonyl (C=O) groups is 1. The molecule has 3 N–H and O–H groups in total. The maximum Gasteiger partial charge on any atom is 0.237 e. The second-order valence-corrected chi connectivity index (χ2v) is 5.82. The molecule has 136 valence electrons. The molecule has 2 atom stereocenters. The second kappa shape index (κ2) is 10.4. The molecule has 1 amide bonds. The number of nitrogens with one attached hydrogen (secondary N) is 1. The number of nitrogens with two attached hydrogens (primary N) is 1. The maximum absolute atomic E-state index is 12.1. The number of ether oxygens (including phenoxy) is 3. The van der Waals surface area contributed by atoms with E-state index in [1.807, 2.05) is 31.2 Å². The van der Waals surface area contributed by atoms with Crippen molar-refractivity contribution in [3.63, 3.8) is 0 Å². The van der Waals surface area contributed by atoms with Gasteiger partial charge in [0.05, 0.1) is 19.7 Å². The average molecular weight is 359 g/mol. The standard InChI is InChI=1S/C17H26N2O4.ClH/c1-12(23-15-5-3-14(21-2)4-6-15)11-19-17(20)16(18)13-7-9-22-10-8-13;/h3-6,12-13,16H,7-11,18H2,1-2H3,(H,19,20);1H. The van der Waals surface area contributed by atoms with Gasteiger partial charge in [-0.2, -0.15) is 0 Å². The Labute approximate surface area is 149 Å². The summed E-state index contributed by atoms with van der Waals surface area (Å²) in [7, 11) is 1.62. The number of benzene rings is 1. The van der Waals surface area contributed by atoms with Crippen molar-refractivity contribution >= 4 is 18.3 Å². The van der Waals surface area contributed by atoms with Crippen LogP contribution in [0.2, 0.25) is 0 Å². The van der Waals surface area contributed by atoms with Gasteiger partial charge in [0.1, 0.15) is 17.6 Å². The summed E-state index contributed by atoms with van der Waals surface area (Å²) < 4.78 is 16.2. The molecule has 1 saturated heterocycles. The lowest BCUT2D eigenvalue weighted by Crippen LogP contribution is -2.48. The summed E-state index contributed by atoms with van der Waals surface area (Å²) in [6.45, 7) is 3.69. The Morgan fingerprint density at radius 1 is 1.29 bits per heavy atom. The third-order valence-corrected chi connectivity index (χ3v) is 4.04. The van der Waals surface area contributed by atoms with Gasteiger partial charge in [0, 0.05) is 13.2 Å². The SMILES string of the molecule is COc1ccc(OC(C)CNC(=O)C(N)C2CCOCC2)cc1.Cl. The topological polar surface area (TPSA) is 82.8 Å². The van der Waals surface area contributed by atoms with Crippen LogP contribution in [0.1, 0.15) is 19.8 Å². The molecule has 0 aliphatic carbocycles. The lowest BCUT2D eigenvalue weighted by Gasteiger charge is -2.27. The van der Waals surface area contributed by atoms with Crippen molar-refractivity contribution in [2.75, 3.05) is 26.9 Å². The number of hydrogen-bond acceptors (Lipinski definition) is 5. The summed E-state index contributed by atoms with van der Waals surface area (Å²) >= 11 is 0. The van der Waals surface area contributed by atoms with Crippen LogP contribution in [0.15, 0.2) is 24.3 Å². The van der Waals surface area contributed by atoms with E-state index in [4.69, 9.17) is 19.9 Å². The van der Waals surface area contributed by atoms with Crippen molar-refractivity contribution < 1.29 is 19.0 Å². The lowest BCUT2D eigenvalue weighted by molar-refractivity contribution is -0.124. The second-order valence-electron chi connectivity index (χ2n) is 5.82. The van der Waals surface area contributed by atoms with E-state index in [0.717, 1.165) is 24.3 Å². The van der Waals surface area contributed by atoms with Crippen LogP contribution in [-0.4, -0.2) is 44.9 Å². The van der Waals surface area contributed by atoms with Crippen LogP contribution in [0.3, 0.4) is 0 Å². The highest BCUT2D eigenvalue weighted by atomic mass is 35.5. The molecule has 2 unspecified atom stereocenters. The molecule has 1 fully saturated rings. The highest BCUT2D eigenvalue weighted by molar-refractivity contribution is 5.85. The minimum absolute atomic E-state index is 0. The molecule has 1 aliphatic rings. The Kier molecular flexibility index (Phi) is 8.89. The predicted molar refractivity (Wildman–Crippen MR) is 94.9 cm³/mol. The molecule has 6 nitrogen and oxygen atoms in total. The summed E-state index contributed by atoms with van der Waals surface area (Å²) in [5.41, 5.74) is 6.04. The Balaban J connectivity index is 0.00000288. The molecular formula is C17H27ClN2O4. The summed E-state index contributed by atoms with van der Waals surface area (Å²) in [5.74, 6) is 1.59. The molecule has 1 aromatic rings. The first-order valence-electron chi connectivity index (χ1n) is 8.02. The molecular weight excluding hydrogens is 332 g/mol. The molecule has 7 heteroatoms.